The fraction of sp³-hybridized carbons (Fsp3) is 0.824. The molecule has 0 aromatic rings. The Morgan fingerprint density at radius 2 is 1.92 bits per heavy atom. The topological polar surface area (TPSA) is 119 Å². The van der Waals surface area contributed by atoms with E-state index < -0.39 is 58.2 Å². The van der Waals surface area contributed by atoms with E-state index in [1.165, 1.54) is 6.92 Å². The molecular weight excluding hydrogens is 332 g/mol. The highest BCUT2D eigenvalue weighted by atomic mass is 16.7. The summed E-state index contributed by atoms with van der Waals surface area (Å²) in [6, 6.07) is 0. The first kappa shape index (κ1) is 16.8. The number of rotatable bonds is 1. The fourth-order valence-electron chi connectivity index (χ4n) is 6.04. The number of cyclic esters (lactones) is 1. The van der Waals surface area contributed by atoms with Gasteiger partial charge in [0.25, 0.3) is 0 Å². The van der Waals surface area contributed by atoms with Crippen molar-refractivity contribution in [2.75, 3.05) is 0 Å². The third-order valence-electron chi connectivity index (χ3n) is 7.43. The summed E-state index contributed by atoms with van der Waals surface area (Å²) in [7, 11) is 0. The van der Waals surface area contributed by atoms with Gasteiger partial charge in [-0.05, 0) is 20.8 Å². The lowest BCUT2D eigenvalue weighted by atomic mass is 9.62. The number of aliphatic hydroxyl groups is 2. The zero-order valence-electron chi connectivity index (χ0n) is 14.6. The molecule has 8 heteroatoms. The van der Waals surface area contributed by atoms with Crippen LogP contribution in [0.15, 0.2) is 0 Å². The highest BCUT2D eigenvalue weighted by Crippen LogP contribution is 2.75. The molecule has 4 rings (SSSR count). The van der Waals surface area contributed by atoms with E-state index in [0.717, 1.165) is 0 Å². The second-order valence-corrected chi connectivity index (χ2v) is 8.42. The Balaban J connectivity index is 1.93. The largest absolute Gasteiger partial charge is 0.461 e. The zero-order chi connectivity index (χ0) is 18.6. The normalized spacial score (nSPS) is 56.1. The molecule has 0 aromatic heterocycles. The van der Waals surface area contributed by atoms with Crippen LogP contribution in [0.4, 0.5) is 0 Å². The maximum Gasteiger partial charge on any atom is 0.318 e. The van der Waals surface area contributed by atoms with Crippen molar-refractivity contribution in [2.24, 2.45) is 22.7 Å². The Morgan fingerprint density at radius 1 is 1.28 bits per heavy atom. The summed E-state index contributed by atoms with van der Waals surface area (Å²) in [4.78, 5) is 36.2. The van der Waals surface area contributed by atoms with Crippen molar-refractivity contribution in [1.29, 1.82) is 0 Å². The van der Waals surface area contributed by atoms with E-state index in [1.54, 1.807) is 20.8 Å². The van der Waals surface area contributed by atoms with Gasteiger partial charge in [-0.1, -0.05) is 0 Å². The van der Waals surface area contributed by atoms with Crippen molar-refractivity contribution >= 4 is 17.9 Å². The van der Waals surface area contributed by atoms with Gasteiger partial charge in [0.15, 0.2) is 0 Å². The van der Waals surface area contributed by atoms with E-state index in [9.17, 15) is 24.6 Å². The van der Waals surface area contributed by atoms with Gasteiger partial charge in [-0.2, -0.15) is 0 Å². The van der Waals surface area contributed by atoms with Crippen molar-refractivity contribution in [2.45, 2.75) is 64.1 Å². The lowest BCUT2D eigenvalue weighted by Gasteiger charge is -2.42. The second-order valence-electron chi connectivity index (χ2n) is 8.42. The first-order chi connectivity index (χ1) is 11.4. The summed E-state index contributed by atoms with van der Waals surface area (Å²) >= 11 is 0. The lowest BCUT2D eigenvalue weighted by molar-refractivity contribution is -0.200. The van der Waals surface area contributed by atoms with Gasteiger partial charge in [-0.3, -0.25) is 14.4 Å². The number of fused-ring (bicyclic) bond motifs is 5. The minimum Gasteiger partial charge on any atom is -0.461 e. The summed E-state index contributed by atoms with van der Waals surface area (Å²) in [5, 5.41) is 22.2. The molecule has 2 N–H and O–H groups in total. The number of hydrogen-bond donors (Lipinski definition) is 2. The highest BCUT2D eigenvalue weighted by molar-refractivity contribution is 5.84. The smallest absolute Gasteiger partial charge is 0.318 e. The molecule has 0 radical (unpaired) electrons. The molecule has 138 valence electrons. The van der Waals surface area contributed by atoms with Crippen LogP contribution in [0.2, 0.25) is 0 Å². The predicted molar refractivity (Wildman–Crippen MR) is 79.5 cm³/mol. The molecule has 0 bridgehead atoms. The van der Waals surface area contributed by atoms with Crippen molar-refractivity contribution in [3.05, 3.63) is 0 Å². The molecular formula is C17H22O8. The molecule has 2 heterocycles. The highest BCUT2D eigenvalue weighted by Gasteiger charge is 2.88. The summed E-state index contributed by atoms with van der Waals surface area (Å²) in [5.74, 6) is -2.85. The fourth-order valence-corrected chi connectivity index (χ4v) is 6.04. The molecule has 8 nitrogen and oxygen atoms in total. The van der Waals surface area contributed by atoms with Crippen LogP contribution >= 0.6 is 0 Å². The maximum atomic E-state index is 12.6. The third-order valence-corrected chi connectivity index (χ3v) is 7.43. The zero-order valence-corrected chi connectivity index (χ0v) is 14.6. The van der Waals surface area contributed by atoms with Gasteiger partial charge in [-0.25, -0.2) is 0 Å². The number of carbonyl (C=O) groups is 3. The number of hydrogen-bond acceptors (Lipinski definition) is 8. The third kappa shape index (κ3) is 1.54. The first-order valence-corrected chi connectivity index (χ1v) is 8.42. The van der Waals surface area contributed by atoms with Crippen LogP contribution in [0.25, 0.3) is 0 Å². The van der Waals surface area contributed by atoms with Crippen LogP contribution in [0, 0.1) is 22.7 Å². The molecule has 0 aromatic carbocycles. The number of aliphatic hydroxyl groups excluding tert-OH is 1. The number of esters is 3. The van der Waals surface area contributed by atoms with Crippen molar-refractivity contribution in [3.8, 4) is 0 Å². The van der Waals surface area contributed by atoms with Crippen LogP contribution in [0.3, 0.4) is 0 Å². The quantitative estimate of drug-likeness (QED) is 0.495. The van der Waals surface area contributed by atoms with Gasteiger partial charge in [0.2, 0.25) is 6.29 Å². The van der Waals surface area contributed by atoms with Crippen molar-refractivity contribution in [3.63, 3.8) is 0 Å². The number of carbonyl (C=O) groups excluding carboxylic acids is 3. The van der Waals surface area contributed by atoms with Crippen LogP contribution in [-0.4, -0.2) is 51.7 Å². The van der Waals surface area contributed by atoms with E-state index in [2.05, 4.69) is 0 Å². The van der Waals surface area contributed by atoms with Gasteiger partial charge in [0.1, 0.15) is 17.1 Å². The average molecular weight is 354 g/mol. The van der Waals surface area contributed by atoms with Crippen molar-refractivity contribution in [1.82, 2.24) is 0 Å². The first-order valence-electron chi connectivity index (χ1n) is 8.42. The Bertz CT molecular complexity index is 705. The molecule has 2 saturated carbocycles. The van der Waals surface area contributed by atoms with Crippen LogP contribution in [0.1, 0.15) is 40.5 Å². The molecule has 2 aliphatic carbocycles. The van der Waals surface area contributed by atoms with Gasteiger partial charge in [-0.15, -0.1) is 0 Å². The summed E-state index contributed by atoms with van der Waals surface area (Å²) in [5.41, 5.74) is -5.36. The Hall–Kier alpha value is -1.67. The number of ether oxygens (including phenoxy) is 3. The average Bonchev–Trinajstić information content (AvgIpc) is 2.98. The second kappa shape index (κ2) is 4.35. The van der Waals surface area contributed by atoms with Gasteiger partial charge in [0, 0.05) is 25.2 Å². The minimum absolute atomic E-state index is 0.0403. The van der Waals surface area contributed by atoms with Crippen molar-refractivity contribution < 1.29 is 38.8 Å². The molecule has 0 amide bonds. The molecule has 2 aliphatic heterocycles. The summed E-state index contributed by atoms with van der Waals surface area (Å²) < 4.78 is 16.0. The SMILES string of the molecule is CC(=O)O[C@@H]1C2[C@H]3CC(=O)O[C@@]3(C)C[C@]2(O)[C@]2(C)[C@H](O)OC(=O)[C@]12C. The Morgan fingerprint density at radius 3 is 2.52 bits per heavy atom. The van der Waals surface area contributed by atoms with Crippen LogP contribution in [0.5, 0.6) is 0 Å². The van der Waals surface area contributed by atoms with Gasteiger partial charge >= 0.3 is 17.9 Å². The van der Waals surface area contributed by atoms with E-state index >= 15 is 0 Å². The van der Waals surface area contributed by atoms with Crippen LogP contribution < -0.4 is 0 Å². The molecule has 0 spiro atoms. The summed E-state index contributed by atoms with van der Waals surface area (Å²) in [6.07, 6.45) is -2.46. The predicted octanol–water partition coefficient (Wildman–Crippen LogP) is -0.108. The van der Waals surface area contributed by atoms with Gasteiger partial charge in [0.05, 0.1) is 17.4 Å². The molecule has 25 heavy (non-hydrogen) atoms. The van der Waals surface area contributed by atoms with Crippen LogP contribution in [-0.2, 0) is 28.6 Å². The molecule has 2 saturated heterocycles. The van der Waals surface area contributed by atoms with E-state index in [0.29, 0.717) is 0 Å². The van der Waals surface area contributed by atoms with Gasteiger partial charge < -0.3 is 24.4 Å². The lowest BCUT2D eigenvalue weighted by Crippen LogP contribution is -2.55. The molecule has 8 atom stereocenters. The Labute approximate surface area is 144 Å². The van der Waals surface area contributed by atoms with E-state index in [4.69, 9.17) is 14.2 Å². The van der Waals surface area contributed by atoms with E-state index in [1.807, 2.05) is 0 Å². The monoisotopic (exact) mass is 354 g/mol. The molecule has 4 fully saturated rings. The molecule has 1 unspecified atom stereocenters. The van der Waals surface area contributed by atoms with E-state index in [-0.39, 0.29) is 18.8 Å². The maximum absolute atomic E-state index is 12.6. The summed E-state index contributed by atoms with van der Waals surface area (Å²) in [6.45, 7) is 6.07. The Kier molecular flexibility index (Phi) is 2.92. The minimum atomic E-state index is -1.59. The molecule has 4 aliphatic rings. The standard InChI is InChI=1S/C17H22O8/c1-7(18)23-11-10-8-5-9(19)25-14(8,2)6-17(10,22)16(4)13(21)24-12(20)15(11,16)3/h8,10-11,13,21-22H,5-6H2,1-4H3/t8-,10?,11-,13-,14+,15+,16-,17-/m1/s1.